The molecular weight excluding hydrogens is 410 g/mol. The van der Waals surface area contributed by atoms with Gasteiger partial charge in [-0.15, -0.1) is 11.3 Å². The second-order valence-electron chi connectivity index (χ2n) is 7.96. The Morgan fingerprint density at radius 1 is 1.07 bits per heavy atom. The number of nitrogens with one attached hydrogen (secondary N) is 1. The molecule has 2 atom stereocenters. The van der Waals surface area contributed by atoms with E-state index >= 15 is 0 Å². The van der Waals surface area contributed by atoms with Crippen LogP contribution in [0.3, 0.4) is 0 Å². The van der Waals surface area contributed by atoms with Crippen molar-refractivity contribution in [2.75, 3.05) is 4.90 Å². The lowest BCUT2D eigenvalue weighted by atomic mass is 10.0. The molecule has 5 rings (SSSR count). The van der Waals surface area contributed by atoms with Gasteiger partial charge in [-0.2, -0.15) is 0 Å². The standard InChI is InChI=1S/C24H25N3OS2/c1-16-9-14-21(30-16)23-22(20-8-4-5-15-25-20)26-24(29)27(23)17-10-12-19(13-11-17)28-18-6-2-3-7-18/h4-5,8-15,18,22-23H,2-3,6-7H2,1H3,(H,26,29)/t22-,23-/m0/s1. The molecule has 4 nitrogen and oxygen atoms in total. The number of hydrogen-bond acceptors (Lipinski definition) is 4. The third-order valence-electron chi connectivity index (χ3n) is 5.87. The normalized spacial score (nSPS) is 21.8. The van der Waals surface area contributed by atoms with Crippen LogP contribution in [0.25, 0.3) is 0 Å². The maximum absolute atomic E-state index is 6.15. The van der Waals surface area contributed by atoms with Crippen LogP contribution in [-0.2, 0) is 0 Å². The molecule has 154 valence electrons. The van der Waals surface area contributed by atoms with Gasteiger partial charge in [-0.3, -0.25) is 4.98 Å². The first kappa shape index (κ1) is 19.5. The Balaban J connectivity index is 1.46. The van der Waals surface area contributed by atoms with E-state index in [1.165, 1.54) is 22.6 Å². The second-order valence-corrected chi connectivity index (χ2v) is 9.67. The number of anilines is 1. The van der Waals surface area contributed by atoms with Crippen LogP contribution in [0.5, 0.6) is 5.75 Å². The molecule has 3 aromatic rings. The van der Waals surface area contributed by atoms with Crippen LogP contribution in [0.1, 0.15) is 53.2 Å². The highest BCUT2D eigenvalue weighted by Crippen LogP contribution is 2.43. The number of hydrogen-bond donors (Lipinski definition) is 1. The van der Waals surface area contributed by atoms with E-state index in [1.54, 1.807) is 0 Å². The van der Waals surface area contributed by atoms with Crippen molar-refractivity contribution in [3.63, 3.8) is 0 Å². The molecule has 1 aliphatic carbocycles. The van der Waals surface area contributed by atoms with E-state index in [1.807, 2.05) is 29.7 Å². The van der Waals surface area contributed by atoms with Crippen LogP contribution < -0.4 is 15.0 Å². The molecule has 1 aromatic carbocycles. The van der Waals surface area contributed by atoms with E-state index in [-0.39, 0.29) is 12.1 Å². The van der Waals surface area contributed by atoms with Crippen LogP contribution in [0.2, 0.25) is 0 Å². The van der Waals surface area contributed by atoms with Crippen LogP contribution >= 0.6 is 23.6 Å². The summed E-state index contributed by atoms with van der Waals surface area (Å²) in [5.74, 6) is 0.938. The summed E-state index contributed by atoms with van der Waals surface area (Å²) in [6.45, 7) is 2.14. The molecular formula is C24H25N3OS2. The van der Waals surface area contributed by atoms with Gasteiger partial charge in [0.25, 0.3) is 0 Å². The van der Waals surface area contributed by atoms with Gasteiger partial charge < -0.3 is 15.0 Å². The average Bonchev–Trinajstić information content (AvgIpc) is 3.50. The summed E-state index contributed by atoms with van der Waals surface area (Å²) in [5, 5.41) is 4.25. The van der Waals surface area contributed by atoms with Crippen molar-refractivity contribution < 1.29 is 4.74 Å². The lowest BCUT2D eigenvalue weighted by molar-refractivity contribution is 0.210. The molecule has 2 aromatic heterocycles. The van der Waals surface area contributed by atoms with Crippen LogP contribution in [0.15, 0.2) is 60.8 Å². The molecule has 1 saturated heterocycles. The molecule has 0 bridgehead atoms. The predicted molar refractivity (Wildman–Crippen MR) is 126 cm³/mol. The highest BCUT2D eigenvalue weighted by Gasteiger charge is 2.41. The highest BCUT2D eigenvalue weighted by atomic mass is 32.1. The topological polar surface area (TPSA) is 37.4 Å². The smallest absolute Gasteiger partial charge is 0.174 e. The van der Waals surface area contributed by atoms with Crippen molar-refractivity contribution in [1.82, 2.24) is 10.3 Å². The van der Waals surface area contributed by atoms with E-state index in [9.17, 15) is 0 Å². The Morgan fingerprint density at radius 2 is 1.87 bits per heavy atom. The van der Waals surface area contributed by atoms with Crippen LogP contribution in [-0.4, -0.2) is 16.2 Å². The largest absolute Gasteiger partial charge is 0.490 e. The summed E-state index contributed by atoms with van der Waals surface area (Å²) in [6.07, 6.45) is 7.07. The van der Waals surface area contributed by atoms with Crippen LogP contribution in [0.4, 0.5) is 5.69 Å². The molecule has 2 fully saturated rings. The van der Waals surface area contributed by atoms with Gasteiger partial charge in [-0.05, 0) is 93.4 Å². The van der Waals surface area contributed by atoms with E-state index < -0.39 is 0 Å². The second kappa shape index (κ2) is 8.36. The van der Waals surface area contributed by atoms with E-state index in [0.717, 1.165) is 35.1 Å². The van der Waals surface area contributed by atoms with Gasteiger partial charge in [0.1, 0.15) is 5.75 Å². The van der Waals surface area contributed by atoms with Gasteiger partial charge in [0.05, 0.1) is 23.9 Å². The fraction of sp³-hybridized carbons (Fsp3) is 0.333. The summed E-state index contributed by atoms with van der Waals surface area (Å²) in [4.78, 5) is 9.41. The monoisotopic (exact) mass is 435 g/mol. The minimum absolute atomic E-state index is 0.00571. The molecule has 30 heavy (non-hydrogen) atoms. The molecule has 3 heterocycles. The molecule has 6 heteroatoms. The summed E-state index contributed by atoms with van der Waals surface area (Å²) < 4.78 is 6.15. The van der Waals surface area contributed by atoms with Gasteiger partial charge >= 0.3 is 0 Å². The Bertz CT molecular complexity index is 1010. The lowest BCUT2D eigenvalue weighted by Gasteiger charge is -2.27. The van der Waals surface area contributed by atoms with E-state index in [2.05, 4.69) is 64.6 Å². The molecule has 1 aliphatic heterocycles. The third-order valence-corrected chi connectivity index (χ3v) is 7.26. The summed E-state index contributed by atoms with van der Waals surface area (Å²) in [7, 11) is 0. The summed E-state index contributed by atoms with van der Waals surface area (Å²) >= 11 is 7.61. The Labute approximate surface area is 186 Å². The molecule has 2 aliphatic rings. The average molecular weight is 436 g/mol. The van der Waals surface area contributed by atoms with Gasteiger partial charge in [-0.1, -0.05) is 6.07 Å². The number of nitrogens with zero attached hydrogens (tertiary/aromatic N) is 2. The number of benzene rings is 1. The zero-order valence-corrected chi connectivity index (χ0v) is 18.6. The zero-order valence-electron chi connectivity index (χ0n) is 17.0. The number of aromatic nitrogens is 1. The van der Waals surface area contributed by atoms with Crippen molar-refractivity contribution in [2.45, 2.75) is 50.8 Å². The number of ether oxygens (including phenoxy) is 1. The predicted octanol–water partition coefficient (Wildman–Crippen LogP) is 5.95. The minimum atomic E-state index is 0.00571. The minimum Gasteiger partial charge on any atom is -0.490 e. The first-order chi connectivity index (χ1) is 14.7. The fourth-order valence-corrected chi connectivity index (χ4v) is 5.77. The Hall–Kier alpha value is -2.44. The van der Waals surface area contributed by atoms with Crippen molar-refractivity contribution in [2.24, 2.45) is 0 Å². The summed E-state index contributed by atoms with van der Waals surface area (Å²) in [6, 6.07) is 18.9. The SMILES string of the molecule is Cc1ccc([C@H]2[C@H](c3ccccn3)NC(=S)N2c2ccc(OC3CCCC3)cc2)s1. The van der Waals surface area contributed by atoms with Gasteiger partial charge in [0.2, 0.25) is 0 Å². The number of thiocarbonyl (C=S) groups is 1. The third kappa shape index (κ3) is 3.82. The maximum Gasteiger partial charge on any atom is 0.174 e. The maximum atomic E-state index is 6.15. The Kier molecular flexibility index (Phi) is 5.44. The van der Waals surface area contributed by atoms with Crippen LogP contribution in [0, 0.1) is 6.92 Å². The van der Waals surface area contributed by atoms with Crippen molar-refractivity contribution in [3.8, 4) is 5.75 Å². The molecule has 0 unspecified atom stereocenters. The van der Waals surface area contributed by atoms with Crippen molar-refractivity contribution >= 4 is 34.4 Å². The molecule has 1 N–H and O–H groups in total. The quantitative estimate of drug-likeness (QED) is 0.501. The van der Waals surface area contributed by atoms with Gasteiger partial charge in [0.15, 0.2) is 5.11 Å². The molecule has 0 spiro atoms. The zero-order chi connectivity index (χ0) is 20.5. The number of thiophene rings is 1. The molecule has 0 amide bonds. The fourth-order valence-electron chi connectivity index (χ4n) is 4.42. The highest BCUT2D eigenvalue weighted by molar-refractivity contribution is 7.80. The van der Waals surface area contributed by atoms with Gasteiger partial charge in [0, 0.05) is 21.6 Å². The number of pyridine rings is 1. The van der Waals surface area contributed by atoms with Crippen molar-refractivity contribution in [3.05, 3.63) is 76.2 Å². The van der Waals surface area contributed by atoms with E-state index in [4.69, 9.17) is 17.0 Å². The van der Waals surface area contributed by atoms with E-state index in [0.29, 0.717) is 6.10 Å². The number of aryl methyl sites for hydroxylation is 1. The first-order valence-electron chi connectivity index (χ1n) is 10.5. The van der Waals surface area contributed by atoms with Crippen molar-refractivity contribution in [1.29, 1.82) is 0 Å². The van der Waals surface area contributed by atoms with Gasteiger partial charge in [-0.25, -0.2) is 0 Å². The lowest BCUT2D eigenvalue weighted by Crippen LogP contribution is -2.29. The molecule has 1 saturated carbocycles. The number of rotatable bonds is 5. The Morgan fingerprint density at radius 3 is 2.53 bits per heavy atom. The summed E-state index contributed by atoms with van der Waals surface area (Å²) in [5.41, 5.74) is 2.07. The molecule has 0 radical (unpaired) electrons. The first-order valence-corrected chi connectivity index (χ1v) is 11.8.